The largest absolute Gasteiger partial charge is 0.351 e. The third kappa shape index (κ3) is 3.14. The van der Waals surface area contributed by atoms with Gasteiger partial charge in [-0.25, -0.2) is 4.39 Å². The summed E-state index contributed by atoms with van der Waals surface area (Å²) in [4.78, 5) is 18.6. The first-order valence-electron chi connectivity index (χ1n) is 6.86. The van der Waals surface area contributed by atoms with E-state index in [9.17, 15) is 9.18 Å². The van der Waals surface area contributed by atoms with Gasteiger partial charge in [-0.2, -0.15) is 4.99 Å². The molecule has 0 aromatic heterocycles. The summed E-state index contributed by atoms with van der Waals surface area (Å²) in [5.74, 6) is -0.755. The fourth-order valence-corrected chi connectivity index (χ4v) is 3.56. The first-order valence-corrected chi connectivity index (χ1v) is 8.06. The SMILES string of the molecule is O=C1N=C(N2CCCCC2)S/C1=C\c1c(F)cccc1Cl. The van der Waals surface area contributed by atoms with Crippen molar-refractivity contribution >= 4 is 40.5 Å². The van der Waals surface area contributed by atoms with Crippen LogP contribution in [-0.4, -0.2) is 29.1 Å². The minimum atomic E-state index is -0.435. The number of piperidine rings is 1. The highest BCUT2D eigenvalue weighted by Crippen LogP contribution is 2.33. The number of amides is 1. The highest BCUT2D eigenvalue weighted by Gasteiger charge is 2.27. The number of hydrogen-bond donors (Lipinski definition) is 0. The van der Waals surface area contributed by atoms with Crippen LogP contribution in [0.2, 0.25) is 5.02 Å². The average Bonchev–Trinajstić information content (AvgIpc) is 2.85. The number of thioether (sulfide) groups is 1. The molecule has 0 atom stereocenters. The zero-order valence-electron chi connectivity index (χ0n) is 11.3. The van der Waals surface area contributed by atoms with E-state index in [0.717, 1.165) is 31.1 Å². The van der Waals surface area contributed by atoms with E-state index in [1.807, 2.05) is 0 Å². The van der Waals surface area contributed by atoms with Gasteiger partial charge in [0.15, 0.2) is 5.17 Å². The van der Waals surface area contributed by atoms with Crippen molar-refractivity contribution in [1.29, 1.82) is 0 Å². The first kappa shape index (κ1) is 14.6. The predicted octanol–water partition coefficient (Wildman–Crippen LogP) is 3.94. The van der Waals surface area contributed by atoms with Crippen LogP contribution in [0.1, 0.15) is 24.8 Å². The summed E-state index contributed by atoms with van der Waals surface area (Å²) in [5.41, 5.74) is 0.241. The Labute approximate surface area is 131 Å². The molecular formula is C15H14ClFN2OS. The van der Waals surface area contributed by atoms with Gasteiger partial charge < -0.3 is 4.90 Å². The van der Waals surface area contributed by atoms with Crippen LogP contribution in [0.5, 0.6) is 0 Å². The van der Waals surface area contributed by atoms with E-state index < -0.39 is 5.82 Å². The molecule has 6 heteroatoms. The number of aliphatic imine (C=N–C) groups is 1. The first-order chi connectivity index (χ1) is 10.1. The van der Waals surface area contributed by atoms with Gasteiger partial charge in [-0.1, -0.05) is 17.7 Å². The Hall–Kier alpha value is -1.33. The van der Waals surface area contributed by atoms with Crippen LogP contribution in [-0.2, 0) is 4.79 Å². The number of carbonyl (C=O) groups is 1. The molecule has 0 unspecified atom stereocenters. The summed E-state index contributed by atoms with van der Waals surface area (Å²) in [7, 11) is 0. The number of hydrogen-bond acceptors (Lipinski definition) is 3. The van der Waals surface area contributed by atoms with E-state index in [4.69, 9.17) is 11.6 Å². The van der Waals surface area contributed by atoms with Crippen LogP contribution in [0.25, 0.3) is 6.08 Å². The van der Waals surface area contributed by atoms with E-state index >= 15 is 0 Å². The Balaban J connectivity index is 1.82. The van der Waals surface area contributed by atoms with Gasteiger partial charge in [0, 0.05) is 18.7 Å². The second-order valence-corrected chi connectivity index (χ2v) is 6.41. The van der Waals surface area contributed by atoms with E-state index in [1.54, 1.807) is 12.1 Å². The van der Waals surface area contributed by atoms with Crippen molar-refractivity contribution in [3.63, 3.8) is 0 Å². The Kier molecular flexibility index (Phi) is 4.31. The monoisotopic (exact) mass is 324 g/mol. The second kappa shape index (κ2) is 6.20. The molecule has 0 N–H and O–H groups in total. The third-order valence-corrected chi connectivity index (χ3v) is 4.88. The molecule has 0 radical (unpaired) electrons. The van der Waals surface area contributed by atoms with Gasteiger partial charge in [-0.3, -0.25) is 4.79 Å². The van der Waals surface area contributed by atoms with Crippen LogP contribution in [0.15, 0.2) is 28.1 Å². The lowest BCUT2D eigenvalue weighted by Gasteiger charge is -2.27. The summed E-state index contributed by atoms with van der Waals surface area (Å²) < 4.78 is 13.8. The summed E-state index contributed by atoms with van der Waals surface area (Å²) in [6.07, 6.45) is 4.94. The minimum absolute atomic E-state index is 0.241. The normalized spacial score (nSPS) is 21.0. The summed E-state index contributed by atoms with van der Waals surface area (Å²) >= 11 is 7.29. The molecule has 2 aliphatic heterocycles. The van der Waals surface area contributed by atoms with Gasteiger partial charge >= 0.3 is 0 Å². The maximum absolute atomic E-state index is 13.8. The number of benzene rings is 1. The highest BCUT2D eigenvalue weighted by molar-refractivity contribution is 8.18. The zero-order valence-corrected chi connectivity index (χ0v) is 12.9. The third-order valence-electron chi connectivity index (χ3n) is 3.51. The molecule has 21 heavy (non-hydrogen) atoms. The number of likely N-dealkylation sites (tertiary alicyclic amines) is 1. The maximum atomic E-state index is 13.8. The summed E-state index contributed by atoms with van der Waals surface area (Å²) in [6, 6.07) is 4.47. The van der Waals surface area contributed by atoms with Crippen molar-refractivity contribution in [1.82, 2.24) is 4.90 Å². The van der Waals surface area contributed by atoms with Gasteiger partial charge in [0.1, 0.15) is 5.82 Å². The van der Waals surface area contributed by atoms with Crippen molar-refractivity contribution in [3.8, 4) is 0 Å². The molecule has 1 aromatic carbocycles. The average molecular weight is 325 g/mol. The standard InChI is InChI=1S/C15H14ClFN2OS/c16-11-5-4-6-12(17)10(11)9-13-14(20)18-15(21-13)19-7-2-1-3-8-19/h4-6,9H,1-3,7-8H2/b13-9-. The smallest absolute Gasteiger partial charge is 0.286 e. The van der Waals surface area contributed by atoms with Crippen LogP contribution in [0, 0.1) is 5.82 Å². The maximum Gasteiger partial charge on any atom is 0.286 e. The Morgan fingerprint density at radius 2 is 2.05 bits per heavy atom. The molecular weight excluding hydrogens is 311 g/mol. The molecule has 2 heterocycles. The quantitative estimate of drug-likeness (QED) is 0.734. The van der Waals surface area contributed by atoms with Crippen LogP contribution < -0.4 is 0 Å². The molecule has 0 aliphatic carbocycles. The molecule has 1 fully saturated rings. The van der Waals surface area contributed by atoms with Gasteiger partial charge in [0.2, 0.25) is 0 Å². The van der Waals surface area contributed by atoms with Crippen molar-refractivity contribution in [2.24, 2.45) is 4.99 Å². The lowest BCUT2D eigenvalue weighted by Crippen LogP contribution is -2.33. The van der Waals surface area contributed by atoms with Crippen molar-refractivity contribution in [2.45, 2.75) is 19.3 Å². The van der Waals surface area contributed by atoms with Crippen LogP contribution in [0.4, 0.5) is 4.39 Å². The van der Waals surface area contributed by atoms with Gasteiger partial charge in [0.05, 0.1) is 9.93 Å². The number of carbonyl (C=O) groups excluding carboxylic acids is 1. The molecule has 1 amide bonds. The van der Waals surface area contributed by atoms with Crippen molar-refractivity contribution < 1.29 is 9.18 Å². The molecule has 110 valence electrons. The molecule has 0 saturated carbocycles. The van der Waals surface area contributed by atoms with Gasteiger partial charge in [-0.05, 0) is 49.2 Å². The van der Waals surface area contributed by atoms with Gasteiger partial charge in [-0.15, -0.1) is 0 Å². The minimum Gasteiger partial charge on any atom is -0.351 e. The lowest BCUT2D eigenvalue weighted by atomic mass is 10.1. The van der Waals surface area contributed by atoms with Crippen LogP contribution in [0.3, 0.4) is 0 Å². The highest BCUT2D eigenvalue weighted by atomic mass is 35.5. The van der Waals surface area contributed by atoms with Crippen LogP contribution >= 0.6 is 23.4 Å². The van der Waals surface area contributed by atoms with Crippen molar-refractivity contribution in [3.05, 3.63) is 39.5 Å². The molecule has 1 aromatic rings. The van der Waals surface area contributed by atoms with E-state index in [-0.39, 0.29) is 11.5 Å². The molecule has 3 nitrogen and oxygen atoms in total. The molecule has 0 bridgehead atoms. The number of halogens is 2. The van der Waals surface area contributed by atoms with Gasteiger partial charge in [0.25, 0.3) is 5.91 Å². The summed E-state index contributed by atoms with van der Waals surface area (Å²) in [6.45, 7) is 1.85. The molecule has 1 saturated heterocycles. The predicted molar refractivity (Wildman–Crippen MR) is 84.8 cm³/mol. The molecule has 0 spiro atoms. The topological polar surface area (TPSA) is 32.7 Å². The fourth-order valence-electron chi connectivity index (χ4n) is 2.40. The zero-order chi connectivity index (χ0) is 14.8. The number of amidine groups is 1. The Morgan fingerprint density at radius 1 is 1.29 bits per heavy atom. The van der Waals surface area contributed by atoms with E-state index in [1.165, 1.54) is 30.3 Å². The Morgan fingerprint density at radius 3 is 2.76 bits per heavy atom. The molecule has 3 rings (SSSR count). The number of rotatable bonds is 1. The number of nitrogens with zero attached hydrogens (tertiary/aromatic N) is 2. The molecule has 2 aliphatic rings. The van der Waals surface area contributed by atoms with E-state index in [2.05, 4.69) is 9.89 Å². The Bertz CT molecular complexity index is 618. The second-order valence-electron chi connectivity index (χ2n) is 4.99. The van der Waals surface area contributed by atoms with Crippen molar-refractivity contribution in [2.75, 3.05) is 13.1 Å². The lowest BCUT2D eigenvalue weighted by molar-refractivity contribution is -0.113. The van der Waals surface area contributed by atoms with E-state index in [0.29, 0.717) is 9.93 Å². The summed E-state index contributed by atoms with van der Waals surface area (Å²) in [5, 5.41) is 1.01. The fraction of sp³-hybridized carbons (Fsp3) is 0.333.